The number of nitrogens with one attached hydrogen (secondary N) is 1. The summed E-state index contributed by atoms with van der Waals surface area (Å²) in [5.74, 6) is 2.40. The maximum absolute atomic E-state index is 11.8. The van der Waals surface area contributed by atoms with Gasteiger partial charge in [-0.2, -0.15) is 4.98 Å². The third-order valence-corrected chi connectivity index (χ3v) is 8.16. The Labute approximate surface area is 225 Å². The fraction of sp³-hybridized carbons (Fsp3) is 0.621. The number of piperidine rings is 1. The summed E-state index contributed by atoms with van der Waals surface area (Å²) in [6.45, 7) is 7.61. The van der Waals surface area contributed by atoms with Crippen LogP contribution in [0, 0.1) is 11.8 Å². The molecule has 1 aromatic heterocycles. The minimum absolute atomic E-state index is 0.254. The smallest absolute Gasteiger partial charge is 0.409 e. The van der Waals surface area contributed by atoms with Gasteiger partial charge < -0.3 is 29.3 Å². The number of methoxy groups -OCH3 is 1. The topological polar surface area (TPSA) is 89.0 Å². The number of nitrogens with zero attached hydrogens (tertiary/aromatic N) is 4. The van der Waals surface area contributed by atoms with Gasteiger partial charge in [-0.25, -0.2) is 9.78 Å². The highest BCUT2D eigenvalue weighted by Crippen LogP contribution is 2.32. The van der Waals surface area contributed by atoms with Crippen molar-refractivity contribution in [2.45, 2.75) is 51.5 Å². The van der Waals surface area contributed by atoms with E-state index >= 15 is 0 Å². The number of carbonyl (C=O) groups is 1. The molecule has 2 aliphatic heterocycles. The number of anilines is 2. The van der Waals surface area contributed by atoms with Crippen molar-refractivity contribution < 1.29 is 19.0 Å². The number of benzene rings is 1. The van der Waals surface area contributed by atoms with Crippen LogP contribution < -0.4 is 15.0 Å². The molecular weight excluding hydrogens is 482 g/mol. The van der Waals surface area contributed by atoms with Crippen molar-refractivity contribution in [2.24, 2.45) is 11.8 Å². The van der Waals surface area contributed by atoms with Crippen molar-refractivity contribution in [3.63, 3.8) is 0 Å². The quantitative estimate of drug-likeness (QED) is 0.552. The Morgan fingerprint density at radius 3 is 2.42 bits per heavy atom. The van der Waals surface area contributed by atoms with Crippen LogP contribution in [0.4, 0.5) is 16.4 Å². The largest absolute Gasteiger partial charge is 0.477 e. The van der Waals surface area contributed by atoms with E-state index in [9.17, 15) is 4.79 Å². The number of hydrogen-bond donors (Lipinski definition) is 1. The van der Waals surface area contributed by atoms with Gasteiger partial charge in [-0.05, 0) is 68.1 Å². The van der Waals surface area contributed by atoms with Crippen molar-refractivity contribution in [3.05, 3.63) is 30.5 Å². The second kappa shape index (κ2) is 12.7. The van der Waals surface area contributed by atoms with Crippen molar-refractivity contribution in [2.75, 3.05) is 63.3 Å². The van der Waals surface area contributed by atoms with Crippen LogP contribution in [0.2, 0.25) is 0 Å². The highest BCUT2D eigenvalue weighted by molar-refractivity contribution is 5.70. The fourth-order valence-electron chi connectivity index (χ4n) is 5.61. The van der Waals surface area contributed by atoms with E-state index in [2.05, 4.69) is 46.4 Å². The first-order valence-electron chi connectivity index (χ1n) is 14.1. The molecule has 9 nitrogen and oxygen atoms in total. The van der Waals surface area contributed by atoms with Crippen LogP contribution in [0.1, 0.15) is 45.4 Å². The average molecular weight is 524 g/mol. The molecule has 3 heterocycles. The van der Waals surface area contributed by atoms with E-state index in [0.29, 0.717) is 43.5 Å². The predicted molar refractivity (Wildman–Crippen MR) is 148 cm³/mol. The molecule has 0 unspecified atom stereocenters. The van der Waals surface area contributed by atoms with Gasteiger partial charge in [0, 0.05) is 44.1 Å². The van der Waals surface area contributed by atoms with Gasteiger partial charge in [0.25, 0.3) is 0 Å². The van der Waals surface area contributed by atoms with Gasteiger partial charge >= 0.3 is 6.09 Å². The normalized spacial score (nSPS) is 22.7. The predicted octanol–water partition coefficient (Wildman–Crippen LogP) is 4.83. The van der Waals surface area contributed by atoms with Crippen LogP contribution in [-0.4, -0.2) is 80.1 Å². The Morgan fingerprint density at radius 2 is 1.74 bits per heavy atom. The molecule has 38 heavy (non-hydrogen) atoms. The van der Waals surface area contributed by atoms with Crippen LogP contribution in [0.25, 0.3) is 11.1 Å². The average Bonchev–Trinajstić information content (AvgIpc) is 2.98. The third kappa shape index (κ3) is 6.67. The number of carbonyl (C=O) groups excluding carboxylic acids is 1. The highest BCUT2D eigenvalue weighted by Gasteiger charge is 2.25. The Kier molecular flexibility index (Phi) is 8.83. The van der Waals surface area contributed by atoms with E-state index in [0.717, 1.165) is 69.0 Å². The maximum Gasteiger partial charge on any atom is 0.409 e. The van der Waals surface area contributed by atoms with Gasteiger partial charge in [-0.15, -0.1) is 0 Å². The third-order valence-electron chi connectivity index (χ3n) is 8.16. The molecule has 1 amide bonds. The molecule has 1 N–H and O–H groups in total. The number of rotatable bonds is 7. The Bertz CT molecular complexity index is 1040. The summed E-state index contributed by atoms with van der Waals surface area (Å²) in [5.41, 5.74) is 3.13. The molecule has 1 aliphatic carbocycles. The fourth-order valence-corrected chi connectivity index (χ4v) is 5.61. The number of aromatic nitrogens is 2. The Hall–Kier alpha value is -3.07. The molecule has 0 atom stereocenters. The summed E-state index contributed by atoms with van der Waals surface area (Å²) < 4.78 is 16.8. The minimum Gasteiger partial charge on any atom is -0.477 e. The van der Waals surface area contributed by atoms with E-state index in [1.807, 2.05) is 6.20 Å². The molecule has 206 valence electrons. The first-order valence-corrected chi connectivity index (χ1v) is 14.1. The first-order chi connectivity index (χ1) is 18.6. The maximum atomic E-state index is 11.8. The molecule has 1 aromatic carbocycles. The summed E-state index contributed by atoms with van der Waals surface area (Å²) in [5, 5.41) is 3.56. The molecule has 3 aliphatic rings. The number of ether oxygens (including phenoxy) is 3. The molecule has 9 heteroatoms. The lowest BCUT2D eigenvalue weighted by Gasteiger charge is -2.31. The van der Waals surface area contributed by atoms with Crippen LogP contribution in [0.5, 0.6) is 5.88 Å². The summed E-state index contributed by atoms with van der Waals surface area (Å²) in [6.07, 6.45) is 8.16. The van der Waals surface area contributed by atoms with Gasteiger partial charge in [0.05, 0.1) is 32.5 Å². The lowest BCUT2D eigenvalue weighted by molar-refractivity contribution is 0.0960. The second-order valence-corrected chi connectivity index (χ2v) is 10.9. The lowest BCUT2D eigenvalue weighted by atomic mass is 9.87. The van der Waals surface area contributed by atoms with Gasteiger partial charge in [0.1, 0.15) is 0 Å². The van der Waals surface area contributed by atoms with Crippen molar-refractivity contribution in [3.8, 4) is 17.0 Å². The van der Waals surface area contributed by atoms with E-state index in [1.165, 1.54) is 25.6 Å². The van der Waals surface area contributed by atoms with Crippen LogP contribution in [-0.2, 0) is 9.47 Å². The summed E-state index contributed by atoms with van der Waals surface area (Å²) in [4.78, 5) is 25.5. The van der Waals surface area contributed by atoms with Crippen molar-refractivity contribution in [1.29, 1.82) is 0 Å². The molecule has 2 saturated heterocycles. The van der Waals surface area contributed by atoms with Gasteiger partial charge in [-0.3, -0.25) is 0 Å². The van der Waals surface area contributed by atoms with Gasteiger partial charge in [0.15, 0.2) is 0 Å². The molecule has 0 spiro atoms. The molecule has 1 saturated carbocycles. The number of morpholine rings is 1. The molecule has 5 rings (SSSR count). The van der Waals surface area contributed by atoms with E-state index < -0.39 is 0 Å². The van der Waals surface area contributed by atoms with Crippen LogP contribution in [0.15, 0.2) is 30.5 Å². The van der Waals surface area contributed by atoms with E-state index in [-0.39, 0.29) is 6.09 Å². The highest BCUT2D eigenvalue weighted by atomic mass is 16.5. The number of hydrogen-bond acceptors (Lipinski definition) is 8. The molecule has 3 fully saturated rings. The van der Waals surface area contributed by atoms with E-state index in [4.69, 9.17) is 19.2 Å². The lowest BCUT2D eigenvalue weighted by Crippen LogP contribution is -2.39. The van der Waals surface area contributed by atoms with Gasteiger partial charge in [-0.1, -0.05) is 19.1 Å². The van der Waals surface area contributed by atoms with Crippen molar-refractivity contribution >= 4 is 17.7 Å². The summed E-state index contributed by atoms with van der Waals surface area (Å²) in [6, 6.07) is 8.96. The molecule has 2 aromatic rings. The minimum atomic E-state index is -0.254. The van der Waals surface area contributed by atoms with Gasteiger partial charge in [0.2, 0.25) is 11.8 Å². The SMILES string of the molecule is COC(=O)N1CCC(COc2nc(N[C@H]3CC[C@H](C)CC3)ncc2-c2ccc(N3CCOCC3)cc2)CC1. The summed E-state index contributed by atoms with van der Waals surface area (Å²) in [7, 11) is 1.43. The number of amides is 1. The zero-order valence-electron chi connectivity index (χ0n) is 22.7. The van der Waals surface area contributed by atoms with Crippen LogP contribution >= 0.6 is 0 Å². The standard InChI is InChI=1S/C29H41N5O4/c1-21-3-7-24(8-4-21)31-28-30-19-26(23-5-9-25(10-6-23)33-15-17-37-18-16-33)27(32-28)38-20-22-11-13-34(14-12-22)29(35)36-2/h5-6,9-10,19,21-22,24H,3-4,7-8,11-18,20H2,1-2H3,(H,30,31,32)/t21-,24-. The number of likely N-dealkylation sites (tertiary alicyclic amines) is 1. The van der Waals surface area contributed by atoms with Crippen molar-refractivity contribution in [1.82, 2.24) is 14.9 Å². The monoisotopic (exact) mass is 523 g/mol. The zero-order chi connectivity index (χ0) is 26.3. The molecule has 0 bridgehead atoms. The second-order valence-electron chi connectivity index (χ2n) is 10.9. The Balaban J connectivity index is 1.30. The zero-order valence-corrected chi connectivity index (χ0v) is 22.7. The Morgan fingerprint density at radius 1 is 1.03 bits per heavy atom. The first kappa shape index (κ1) is 26.5. The van der Waals surface area contributed by atoms with Crippen LogP contribution in [0.3, 0.4) is 0 Å². The van der Waals surface area contributed by atoms with E-state index in [1.54, 1.807) is 4.90 Å². The molecular formula is C29H41N5O4. The molecule has 0 radical (unpaired) electrons. The summed E-state index contributed by atoms with van der Waals surface area (Å²) >= 11 is 0.